The zero-order valence-corrected chi connectivity index (χ0v) is 35.1. The molecule has 0 aliphatic carbocycles. The Balaban J connectivity index is 1.64. The van der Waals surface area contributed by atoms with Crippen LogP contribution in [0.4, 0.5) is 0 Å². The SMILES string of the molecule is C#Cc1c2nc(c(-c3cc(C(C)(C)C)cc(C(C)(C)C)c3)c3ccc([nH]3)c(C#C)c3ccc([nH]3)c(-c3cc(C(C)(C)C)cc(C(C)(C)C)c3)c3nc1C=C3)C=C2. The quantitative estimate of drug-likeness (QED) is 0.174. The standard InChI is InChI=1S/C52H54N4/c1-15-37-39-17-21-43(53-39)47(31-25-33(49(3,4)5)29-34(26-31)50(6,7)8)45-23-19-41(55-45)38(16-2)42-20-24-46(56-42)48(44-22-18-40(37)54-44)32-27-35(51(9,10)11)30-36(28-32)52(12,13)14/h1-2,17-30,53-54H,3-14H3. The van der Waals surface area contributed by atoms with E-state index in [0.29, 0.717) is 17.0 Å². The number of aromatic amines is 2. The summed E-state index contributed by atoms with van der Waals surface area (Å²) in [4.78, 5) is 18.0. The molecule has 282 valence electrons. The Labute approximate surface area is 333 Å². The highest BCUT2D eigenvalue weighted by Gasteiger charge is 2.25. The number of hydrogen-bond donors (Lipinski definition) is 2. The number of nitrogens with one attached hydrogen (secondary N) is 2. The second-order valence-electron chi connectivity index (χ2n) is 19.4. The van der Waals surface area contributed by atoms with Gasteiger partial charge in [0.1, 0.15) is 0 Å². The molecule has 0 amide bonds. The molecule has 0 spiro atoms. The van der Waals surface area contributed by atoms with Crippen LogP contribution in [-0.4, -0.2) is 19.9 Å². The summed E-state index contributed by atoms with van der Waals surface area (Å²) in [6.07, 6.45) is 20.9. The lowest BCUT2D eigenvalue weighted by Crippen LogP contribution is -2.16. The van der Waals surface area contributed by atoms with E-state index in [0.717, 1.165) is 61.3 Å². The van der Waals surface area contributed by atoms with Crippen LogP contribution in [0.3, 0.4) is 0 Å². The molecule has 4 nitrogen and oxygen atoms in total. The van der Waals surface area contributed by atoms with Crippen LogP contribution in [-0.2, 0) is 21.7 Å². The largest absolute Gasteiger partial charge is 0.354 e. The lowest BCUT2D eigenvalue weighted by Gasteiger charge is -2.26. The van der Waals surface area contributed by atoms with Crippen molar-refractivity contribution in [1.82, 2.24) is 19.9 Å². The second-order valence-corrected chi connectivity index (χ2v) is 19.4. The highest BCUT2D eigenvalue weighted by Crippen LogP contribution is 2.40. The van der Waals surface area contributed by atoms with Gasteiger partial charge in [0.25, 0.3) is 0 Å². The maximum absolute atomic E-state index is 6.36. The summed E-state index contributed by atoms with van der Waals surface area (Å²) in [6.45, 7) is 27.1. The molecule has 7 rings (SSSR count). The van der Waals surface area contributed by atoms with Crippen molar-refractivity contribution >= 4 is 46.4 Å². The lowest BCUT2D eigenvalue weighted by atomic mass is 9.78. The molecule has 0 saturated carbocycles. The molecule has 3 aromatic heterocycles. The number of hydrogen-bond acceptors (Lipinski definition) is 2. The summed E-state index contributed by atoms with van der Waals surface area (Å²) in [5.74, 6) is 5.98. The van der Waals surface area contributed by atoms with Gasteiger partial charge in [-0.2, -0.15) is 0 Å². The fourth-order valence-corrected chi connectivity index (χ4v) is 7.39. The van der Waals surface area contributed by atoms with Gasteiger partial charge in [-0.05, 0) is 104 Å². The third kappa shape index (κ3) is 7.18. The minimum Gasteiger partial charge on any atom is -0.354 e. The Bertz CT molecular complexity index is 2500. The number of nitrogens with zero attached hydrogens (tertiary/aromatic N) is 2. The van der Waals surface area contributed by atoms with Crippen LogP contribution in [0.2, 0.25) is 0 Å². The van der Waals surface area contributed by atoms with Crippen LogP contribution in [0, 0.1) is 24.7 Å². The van der Waals surface area contributed by atoms with Gasteiger partial charge >= 0.3 is 0 Å². The minimum atomic E-state index is -0.0695. The fourth-order valence-electron chi connectivity index (χ4n) is 7.39. The fraction of sp³-hybridized carbons (Fsp3) is 0.308. The molecule has 0 unspecified atom stereocenters. The van der Waals surface area contributed by atoms with Gasteiger partial charge in [-0.25, -0.2) is 9.97 Å². The van der Waals surface area contributed by atoms with Crippen molar-refractivity contribution in [1.29, 1.82) is 0 Å². The lowest BCUT2D eigenvalue weighted by molar-refractivity contribution is 0.568. The predicted molar refractivity (Wildman–Crippen MR) is 240 cm³/mol. The normalized spacial score (nSPS) is 13.2. The third-order valence-electron chi connectivity index (χ3n) is 11.0. The number of aromatic nitrogens is 4. The Hall–Kier alpha value is -5.84. The summed E-state index contributed by atoms with van der Waals surface area (Å²) in [5, 5.41) is 0. The average Bonchev–Trinajstić information content (AvgIpc) is 3.94. The first-order chi connectivity index (χ1) is 26.1. The minimum absolute atomic E-state index is 0.0695. The number of terminal acetylenes is 2. The van der Waals surface area contributed by atoms with Crippen molar-refractivity contribution in [3.05, 3.63) is 117 Å². The molecule has 2 aliphatic rings. The molecule has 2 N–H and O–H groups in total. The second kappa shape index (κ2) is 13.4. The van der Waals surface area contributed by atoms with Gasteiger partial charge in [0.05, 0.1) is 44.9 Å². The first kappa shape index (κ1) is 38.4. The Morgan fingerprint density at radius 2 is 0.714 bits per heavy atom. The maximum Gasteiger partial charge on any atom is 0.0816 e. The number of rotatable bonds is 2. The van der Waals surface area contributed by atoms with Gasteiger partial charge in [0.2, 0.25) is 0 Å². The number of H-pyrrole nitrogens is 2. The van der Waals surface area contributed by atoms with Crippen LogP contribution in [0.25, 0.3) is 68.6 Å². The molecule has 2 aromatic carbocycles. The highest BCUT2D eigenvalue weighted by atomic mass is 14.8. The zero-order chi connectivity index (χ0) is 40.5. The van der Waals surface area contributed by atoms with Gasteiger partial charge in [0, 0.05) is 22.2 Å². The summed E-state index contributed by atoms with van der Waals surface area (Å²) >= 11 is 0. The van der Waals surface area contributed by atoms with Gasteiger partial charge in [-0.15, -0.1) is 12.8 Å². The monoisotopic (exact) mass is 734 g/mol. The van der Waals surface area contributed by atoms with E-state index in [2.05, 4.69) is 178 Å². The Morgan fingerprint density at radius 1 is 0.411 bits per heavy atom. The molecule has 8 bridgehead atoms. The van der Waals surface area contributed by atoms with Gasteiger partial charge in [-0.3, -0.25) is 0 Å². The third-order valence-corrected chi connectivity index (χ3v) is 11.0. The van der Waals surface area contributed by atoms with Crippen LogP contribution in [0.15, 0.2) is 60.7 Å². The zero-order valence-electron chi connectivity index (χ0n) is 35.1. The van der Waals surface area contributed by atoms with E-state index in [9.17, 15) is 0 Å². The summed E-state index contributed by atoms with van der Waals surface area (Å²) in [5.41, 5.74) is 16.8. The molecule has 2 aliphatic heterocycles. The van der Waals surface area contributed by atoms with Crippen molar-refractivity contribution in [2.24, 2.45) is 0 Å². The van der Waals surface area contributed by atoms with E-state index in [1.54, 1.807) is 0 Å². The van der Waals surface area contributed by atoms with E-state index in [4.69, 9.17) is 22.8 Å². The average molecular weight is 735 g/mol. The molecular formula is C52H54N4. The first-order valence-corrected chi connectivity index (χ1v) is 19.6. The Morgan fingerprint density at radius 3 is 1.02 bits per heavy atom. The van der Waals surface area contributed by atoms with Crippen LogP contribution in [0.1, 0.15) is 139 Å². The topological polar surface area (TPSA) is 57.4 Å². The van der Waals surface area contributed by atoms with Crippen molar-refractivity contribution in [2.45, 2.75) is 105 Å². The molecule has 0 fully saturated rings. The summed E-state index contributed by atoms with van der Waals surface area (Å²) in [6, 6.07) is 22.2. The molecule has 5 aromatic rings. The van der Waals surface area contributed by atoms with Gasteiger partial charge in [-0.1, -0.05) is 131 Å². The van der Waals surface area contributed by atoms with Crippen LogP contribution < -0.4 is 0 Å². The number of fused-ring (bicyclic) bond motifs is 8. The molecule has 5 heterocycles. The molecule has 0 atom stereocenters. The van der Waals surface area contributed by atoms with Crippen molar-refractivity contribution in [3.63, 3.8) is 0 Å². The van der Waals surface area contributed by atoms with Gasteiger partial charge in [0.15, 0.2) is 0 Å². The van der Waals surface area contributed by atoms with Crippen molar-refractivity contribution < 1.29 is 0 Å². The van der Waals surface area contributed by atoms with Crippen molar-refractivity contribution in [3.8, 4) is 46.9 Å². The maximum atomic E-state index is 6.36. The van der Waals surface area contributed by atoms with Crippen LogP contribution in [0.5, 0.6) is 0 Å². The molecule has 56 heavy (non-hydrogen) atoms. The van der Waals surface area contributed by atoms with E-state index < -0.39 is 0 Å². The Kier molecular flexibility index (Phi) is 9.21. The van der Waals surface area contributed by atoms with Crippen molar-refractivity contribution in [2.75, 3.05) is 0 Å². The van der Waals surface area contributed by atoms with Gasteiger partial charge < -0.3 is 9.97 Å². The van der Waals surface area contributed by atoms with E-state index in [1.807, 2.05) is 12.2 Å². The first-order valence-electron chi connectivity index (χ1n) is 19.6. The predicted octanol–water partition coefficient (Wildman–Crippen LogP) is 13.1. The highest BCUT2D eigenvalue weighted by molar-refractivity contribution is 5.95. The molecule has 0 radical (unpaired) electrons. The smallest absolute Gasteiger partial charge is 0.0816 e. The van der Waals surface area contributed by atoms with E-state index >= 15 is 0 Å². The van der Waals surface area contributed by atoms with Crippen LogP contribution >= 0.6 is 0 Å². The molecular weight excluding hydrogens is 681 g/mol. The number of benzene rings is 2. The van der Waals surface area contributed by atoms with E-state index in [1.165, 1.54) is 22.3 Å². The molecule has 0 saturated heterocycles. The molecule has 4 heteroatoms. The summed E-state index contributed by atoms with van der Waals surface area (Å²) in [7, 11) is 0. The summed E-state index contributed by atoms with van der Waals surface area (Å²) < 4.78 is 0. The van der Waals surface area contributed by atoms with E-state index in [-0.39, 0.29) is 21.7 Å².